The second kappa shape index (κ2) is 5.92. The molecule has 0 aromatic heterocycles. The minimum atomic E-state index is -0.539. The highest BCUT2D eigenvalue weighted by molar-refractivity contribution is 9.10. The third-order valence-electron chi connectivity index (χ3n) is 5.68. The van der Waals surface area contributed by atoms with Crippen LogP contribution in [0.4, 0.5) is 0 Å². The third kappa shape index (κ3) is 3.29. The lowest BCUT2D eigenvalue weighted by atomic mass is 9.66. The molecule has 0 atom stereocenters. The van der Waals surface area contributed by atoms with Gasteiger partial charge >= 0.3 is 0 Å². The van der Waals surface area contributed by atoms with E-state index in [1.807, 2.05) is 18.2 Å². The highest BCUT2D eigenvalue weighted by Gasteiger charge is 2.43. The Morgan fingerprint density at radius 1 is 1.10 bits per heavy atom. The smallest absolute Gasteiger partial charge is 0.119 e. The summed E-state index contributed by atoms with van der Waals surface area (Å²) >= 11 is 3.60. The highest BCUT2D eigenvalue weighted by Crippen LogP contribution is 2.51. The second-order valence-electron chi connectivity index (χ2n) is 7.07. The fraction of sp³-hybridized carbons (Fsp3) is 0.667. The fourth-order valence-corrected chi connectivity index (χ4v) is 4.60. The van der Waals surface area contributed by atoms with Crippen molar-refractivity contribution in [1.29, 1.82) is 0 Å². The van der Waals surface area contributed by atoms with Gasteiger partial charge in [0.1, 0.15) is 5.75 Å². The van der Waals surface area contributed by atoms with Crippen LogP contribution in [0.25, 0.3) is 0 Å². The van der Waals surface area contributed by atoms with Crippen molar-refractivity contribution in [2.24, 2.45) is 5.41 Å². The molecule has 0 unspecified atom stereocenters. The Bertz CT molecular complexity index is 496. The van der Waals surface area contributed by atoms with Crippen LogP contribution in [0.2, 0.25) is 0 Å². The van der Waals surface area contributed by atoms with Gasteiger partial charge in [0.15, 0.2) is 0 Å². The summed E-state index contributed by atoms with van der Waals surface area (Å²) in [5.74, 6) is 0.861. The number of methoxy groups -OCH3 is 1. The van der Waals surface area contributed by atoms with Crippen molar-refractivity contribution >= 4 is 15.9 Å². The zero-order valence-corrected chi connectivity index (χ0v) is 14.4. The first-order valence-corrected chi connectivity index (χ1v) is 8.88. The molecule has 0 amide bonds. The van der Waals surface area contributed by atoms with Crippen LogP contribution in [0.3, 0.4) is 0 Å². The SMILES string of the molecule is COc1ccc(Br)c(CC2(O)CCC3(CCCC3)CC2)c1. The Balaban J connectivity index is 1.70. The van der Waals surface area contributed by atoms with E-state index in [1.54, 1.807) is 7.11 Å². The minimum absolute atomic E-state index is 0.539. The van der Waals surface area contributed by atoms with Gasteiger partial charge in [0, 0.05) is 10.9 Å². The van der Waals surface area contributed by atoms with Crippen molar-refractivity contribution in [1.82, 2.24) is 0 Å². The van der Waals surface area contributed by atoms with Crippen LogP contribution in [-0.2, 0) is 6.42 Å². The van der Waals surface area contributed by atoms with E-state index >= 15 is 0 Å². The van der Waals surface area contributed by atoms with Crippen molar-refractivity contribution in [3.05, 3.63) is 28.2 Å². The Hall–Kier alpha value is -0.540. The van der Waals surface area contributed by atoms with Crippen LogP contribution in [0.5, 0.6) is 5.75 Å². The number of rotatable bonds is 3. The molecule has 0 aliphatic heterocycles. The molecular weight excluding hydrogens is 328 g/mol. The molecule has 0 radical (unpaired) electrons. The first kappa shape index (κ1) is 15.4. The van der Waals surface area contributed by atoms with E-state index < -0.39 is 5.60 Å². The summed E-state index contributed by atoms with van der Waals surface area (Å²) in [5, 5.41) is 11.0. The number of aliphatic hydroxyl groups is 1. The van der Waals surface area contributed by atoms with Gasteiger partial charge < -0.3 is 9.84 Å². The molecule has 1 aromatic carbocycles. The second-order valence-corrected chi connectivity index (χ2v) is 7.92. The van der Waals surface area contributed by atoms with Gasteiger partial charge in [-0.25, -0.2) is 0 Å². The predicted octanol–water partition coefficient (Wildman–Crippen LogP) is 4.87. The molecule has 0 heterocycles. The van der Waals surface area contributed by atoms with Crippen molar-refractivity contribution in [3.8, 4) is 5.75 Å². The summed E-state index contributed by atoms with van der Waals surface area (Å²) in [7, 11) is 1.69. The maximum atomic E-state index is 11.0. The molecule has 0 bridgehead atoms. The largest absolute Gasteiger partial charge is 0.497 e. The summed E-state index contributed by atoms with van der Waals surface area (Å²) in [4.78, 5) is 0. The molecule has 2 aliphatic rings. The molecule has 1 aromatic rings. The van der Waals surface area contributed by atoms with E-state index in [-0.39, 0.29) is 0 Å². The zero-order valence-electron chi connectivity index (χ0n) is 12.8. The molecule has 2 aliphatic carbocycles. The average molecular weight is 353 g/mol. The summed E-state index contributed by atoms with van der Waals surface area (Å²) in [6.45, 7) is 0. The maximum Gasteiger partial charge on any atom is 0.119 e. The number of ether oxygens (including phenoxy) is 1. The van der Waals surface area contributed by atoms with Crippen LogP contribution >= 0.6 is 15.9 Å². The van der Waals surface area contributed by atoms with Gasteiger partial charge in [0.2, 0.25) is 0 Å². The molecule has 116 valence electrons. The molecule has 3 rings (SSSR count). The Kier molecular flexibility index (Phi) is 4.33. The van der Waals surface area contributed by atoms with Crippen molar-refractivity contribution in [3.63, 3.8) is 0 Å². The summed E-state index contributed by atoms with van der Waals surface area (Å²) < 4.78 is 6.37. The third-order valence-corrected chi connectivity index (χ3v) is 6.45. The number of benzene rings is 1. The first-order valence-electron chi connectivity index (χ1n) is 8.09. The fourth-order valence-electron chi connectivity index (χ4n) is 4.22. The van der Waals surface area contributed by atoms with E-state index in [9.17, 15) is 5.11 Å². The molecule has 0 saturated heterocycles. The molecule has 2 saturated carbocycles. The van der Waals surface area contributed by atoms with E-state index in [0.29, 0.717) is 5.41 Å². The van der Waals surface area contributed by atoms with Crippen LogP contribution in [-0.4, -0.2) is 17.8 Å². The predicted molar refractivity (Wildman–Crippen MR) is 88.7 cm³/mol. The van der Waals surface area contributed by atoms with E-state index in [4.69, 9.17) is 4.74 Å². The van der Waals surface area contributed by atoms with Crippen LogP contribution in [0.1, 0.15) is 56.9 Å². The van der Waals surface area contributed by atoms with Gasteiger partial charge in [-0.3, -0.25) is 0 Å². The molecule has 1 N–H and O–H groups in total. The zero-order chi connectivity index (χ0) is 14.9. The highest BCUT2D eigenvalue weighted by atomic mass is 79.9. The van der Waals surface area contributed by atoms with Gasteiger partial charge in [0.25, 0.3) is 0 Å². The molecule has 2 fully saturated rings. The topological polar surface area (TPSA) is 29.5 Å². The van der Waals surface area contributed by atoms with Gasteiger partial charge in [0.05, 0.1) is 12.7 Å². The van der Waals surface area contributed by atoms with Crippen LogP contribution < -0.4 is 4.74 Å². The molecular formula is C18H25BrO2. The lowest BCUT2D eigenvalue weighted by Gasteiger charge is -2.42. The van der Waals surface area contributed by atoms with Gasteiger partial charge in [-0.05, 0) is 67.7 Å². The van der Waals surface area contributed by atoms with Gasteiger partial charge in [-0.2, -0.15) is 0 Å². The monoisotopic (exact) mass is 352 g/mol. The Morgan fingerprint density at radius 3 is 2.38 bits per heavy atom. The summed E-state index contributed by atoms with van der Waals surface area (Å²) in [6, 6.07) is 6.01. The van der Waals surface area contributed by atoms with Gasteiger partial charge in [-0.1, -0.05) is 28.8 Å². The number of hydrogen-bond donors (Lipinski definition) is 1. The maximum absolute atomic E-state index is 11.0. The molecule has 2 nitrogen and oxygen atoms in total. The normalized spacial score (nSPS) is 23.4. The Labute approximate surface area is 136 Å². The first-order chi connectivity index (χ1) is 10.0. The quantitative estimate of drug-likeness (QED) is 0.840. The van der Waals surface area contributed by atoms with Crippen molar-refractivity contribution in [2.45, 2.75) is 63.4 Å². The van der Waals surface area contributed by atoms with Crippen molar-refractivity contribution < 1.29 is 9.84 Å². The lowest BCUT2D eigenvalue weighted by Crippen LogP contribution is -2.39. The summed E-state index contributed by atoms with van der Waals surface area (Å²) in [6.07, 6.45) is 10.5. The minimum Gasteiger partial charge on any atom is -0.497 e. The van der Waals surface area contributed by atoms with Crippen LogP contribution in [0, 0.1) is 5.41 Å². The summed E-state index contributed by atoms with van der Waals surface area (Å²) in [5.41, 5.74) is 1.18. The molecule has 3 heteroatoms. The molecule has 1 spiro atoms. The lowest BCUT2D eigenvalue weighted by molar-refractivity contribution is -0.0323. The number of halogens is 1. The average Bonchev–Trinajstić information content (AvgIpc) is 2.94. The van der Waals surface area contributed by atoms with Gasteiger partial charge in [-0.15, -0.1) is 0 Å². The van der Waals surface area contributed by atoms with Crippen LogP contribution in [0.15, 0.2) is 22.7 Å². The molecule has 21 heavy (non-hydrogen) atoms. The van der Waals surface area contributed by atoms with E-state index in [1.165, 1.54) is 38.5 Å². The van der Waals surface area contributed by atoms with E-state index in [2.05, 4.69) is 15.9 Å². The number of hydrogen-bond acceptors (Lipinski definition) is 2. The Morgan fingerprint density at radius 2 is 1.76 bits per heavy atom. The van der Waals surface area contributed by atoms with Crippen molar-refractivity contribution in [2.75, 3.05) is 7.11 Å². The standard InChI is InChI=1S/C18H25BrO2/c1-21-15-4-5-16(19)14(12-15)13-18(20)10-8-17(9-11-18)6-2-3-7-17/h4-5,12,20H,2-3,6-11,13H2,1H3. The van der Waals surface area contributed by atoms with E-state index in [0.717, 1.165) is 35.0 Å².